The van der Waals surface area contributed by atoms with Gasteiger partial charge in [-0.15, -0.1) is 0 Å². The molecule has 1 fully saturated rings. The fraction of sp³-hybridized carbons (Fsp3) is 0.500. The van der Waals surface area contributed by atoms with E-state index in [-0.39, 0.29) is 18.5 Å². The number of benzene rings is 1. The molecule has 0 aliphatic carbocycles. The number of nitrogens with zero attached hydrogens (tertiary/aromatic N) is 1. The molecule has 5 heteroatoms. The van der Waals surface area contributed by atoms with Crippen molar-refractivity contribution >= 4 is 11.9 Å². The molecule has 0 saturated carbocycles. The molecule has 1 aromatic rings. The summed E-state index contributed by atoms with van der Waals surface area (Å²) in [5, 5.41) is 9.11. The van der Waals surface area contributed by atoms with E-state index in [0.717, 1.165) is 11.1 Å². The summed E-state index contributed by atoms with van der Waals surface area (Å²) >= 11 is 0. The molecule has 2 rings (SSSR count). The predicted molar refractivity (Wildman–Crippen MR) is 78.4 cm³/mol. The lowest BCUT2D eigenvalue weighted by Crippen LogP contribution is -2.46. The summed E-state index contributed by atoms with van der Waals surface area (Å²) in [4.78, 5) is 25.4. The number of carboxylic acids is 1. The van der Waals surface area contributed by atoms with Crippen molar-refractivity contribution in [2.75, 3.05) is 19.8 Å². The van der Waals surface area contributed by atoms with Gasteiger partial charge in [-0.3, -0.25) is 9.59 Å². The highest BCUT2D eigenvalue weighted by atomic mass is 16.5. The molecule has 0 aromatic heterocycles. The van der Waals surface area contributed by atoms with Crippen LogP contribution in [0, 0.1) is 13.8 Å². The van der Waals surface area contributed by atoms with Crippen LogP contribution in [0.5, 0.6) is 0 Å². The van der Waals surface area contributed by atoms with Gasteiger partial charge in [-0.1, -0.05) is 12.1 Å². The highest BCUT2D eigenvalue weighted by Crippen LogP contribution is 2.20. The Morgan fingerprint density at radius 2 is 1.95 bits per heavy atom. The molecule has 1 amide bonds. The quantitative estimate of drug-likeness (QED) is 0.921. The van der Waals surface area contributed by atoms with Crippen molar-refractivity contribution in [3.05, 3.63) is 34.9 Å². The normalized spacial score (nSPS) is 15.7. The molecule has 0 unspecified atom stereocenters. The minimum Gasteiger partial charge on any atom is -0.480 e. The Kier molecular flexibility index (Phi) is 4.96. The maximum absolute atomic E-state index is 12.8. The molecular weight excluding hydrogens is 270 g/mol. The maximum atomic E-state index is 12.8. The first kappa shape index (κ1) is 15.5. The van der Waals surface area contributed by atoms with E-state index in [1.807, 2.05) is 26.0 Å². The number of carbonyl (C=O) groups excluding carboxylic acids is 1. The molecule has 0 bridgehead atoms. The lowest BCUT2D eigenvalue weighted by molar-refractivity contribution is -0.138. The van der Waals surface area contributed by atoms with Crippen LogP contribution in [-0.4, -0.2) is 47.7 Å². The van der Waals surface area contributed by atoms with E-state index in [4.69, 9.17) is 9.84 Å². The van der Waals surface area contributed by atoms with Gasteiger partial charge in [-0.05, 0) is 43.9 Å². The summed E-state index contributed by atoms with van der Waals surface area (Å²) in [7, 11) is 0. The van der Waals surface area contributed by atoms with Crippen LogP contribution in [0.4, 0.5) is 0 Å². The largest absolute Gasteiger partial charge is 0.480 e. The Hall–Kier alpha value is -1.88. The number of rotatable bonds is 4. The van der Waals surface area contributed by atoms with Crippen LogP contribution in [0.25, 0.3) is 0 Å². The van der Waals surface area contributed by atoms with Crippen molar-refractivity contribution in [1.82, 2.24) is 4.90 Å². The number of carbonyl (C=O) groups is 2. The number of hydrogen-bond acceptors (Lipinski definition) is 3. The fourth-order valence-corrected chi connectivity index (χ4v) is 2.65. The second-order valence-electron chi connectivity index (χ2n) is 5.42. The van der Waals surface area contributed by atoms with Crippen LogP contribution in [0.3, 0.4) is 0 Å². The lowest BCUT2D eigenvalue weighted by atomic mass is 10.00. The third-order valence-corrected chi connectivity index (χ3v) is 4.03. The van der Waals surface area contributed by atoms with Gasteiger partial charge in [0.05, 0.1) is 0 Å². The highest BCUT2D eigenvalue weighted by molar-refractivity contribution is 5.97. The summed E-state index contributed by atoms with van der Waals surface area (Å²) in [6.07, 6.45) is 1.37. The maximum Gasteiger partial charge on any atom is 0.323 e. The molecule has 1 aliphatic heterocycles. The van der Waals surface area contributed by atoms with Gasteiger partial charge in [0, 0.05) is 24.8 Å². The Bertz CT molecular complexity index is 535. The second-order valence-corrected chi connectivity index (χ2v) is 5.42. The summed E-state index contributed by atoms with van der Waals surface area (Å²) in [6, 6.07) is 5.47. The van der Waals surface area contributed by atoms with Crippen molar-refractivity contribution < 1.29 is 19.4 Å². The van der Waals surface area contributed by atoms with Crippen LogP contribution in [0.2, 0.25) is 0 Å². The highest BCUT2D eigenvalue weighted by Gasteiger charge is 2.29. The van der Waals surface area contributed by atoms with Crippen molar-refractivity contribution in [3.8, 4) is 0 Å². The minimum atomic E-state index is -0.986. The molecule has 1 aliphatic rings. The Morgan fingerprint density at radius 1 is 1.29 bits per heavy atom. The average Bonchev–Trinajstić information content (AvgIpc) is 2.48. The standard InChI is InChI=1S/C16H21NO4/c1-11-4-3-5-14(12(11)2)16(20)17(10-15(18)19)13-6-8-21-9-7-13/h3-5,13H,6-10H2,1-2H3,(H,18,19). The molecule has 21 heavy (non-hydrogen) atoms. The van der Waals surface area contributed by atoms with Gasteiger partial charge >= 0.3 is 5.97 Å². The zero-order valence-corrected chi connectivity index (χ0v) is 12.5. The van der Waals surface area contributed by atoms with E-state index < -0.39 is 5.97 Å². The summed E-state index contributed by atoms with van der Waals surface area (Å²) in [5.74, 6) is -1.19. The number of amides is 1. The smallest absolute Gasteiger partial charge is 0.323 e. The van der Waals surface area contributed by atoms with Gasteiger partial charge in [0.1, 0.15) is 6.54 Å². The summed E-state index contributed by atoms with van der Waals surface area (Å²) < 4.78 is 5.30. The number of ether oxygens (including phenoxy) is 1. The van der Waals surface area contributed by atoms with E-state index in [0.29, 0.717) is 31.6 Å². The summed E-state index contributed by atoms with van der Waals surface area (Å²) in [5.41, 5.74) is 2.52. The molecule has 1 heterocycles. The van der Waals surface area contributed by atoms with Crippen LogP contribution in [-0.2, 0) is 9.53 Å². The van der Waals surface area contributed by atoms with E-state index in [9.17, 15) is 9.59 Å². The molecule has 1 N–H and O–H groups in total. The first-order valence-corrected chi connectivity index (χ1v) is 7.17. The Morgan fingerprint density at radius 3 is 2.57 bits per heavy atom. The average molecular weight is 291 g/mol. The first-order valence-electron chi connectivity index (χ1n) is 7.17. The predicted octanol–water partition coefficient (Wildman–Crippen LogP) is 2.01. The van der Waals surface area contributed by atoms with Crippen LogP contribution >= 0.6 is 0 Å². The zero-order chi connectivity index (χ0) is 15.4. The SMILES string of the molecule is Cc1cccc(C(=O)N(CC(=O)O)C2CCOCC2)c1C. The van der Waals surface area contributed by atoms with Gasteiger partial charge in [0.15, 0.2) is 0 Å². The third-order valence-electron chi connectivity index (χ3n) is 4.03. The molecule has 1 saturated heterocycles. The van der Waals surface area contributed by atoms with Crippen molar-refractivity contribution in [2.24, 2.45) is 0 Å². The van der Waals surface area contributed by atoms with Crippen molar-refractivity contribution in [3.63, 3.8) is 0 Å². The topological polar surface area (TPSA) is 66.8 Å². The van der Waals surface area contributed by atoms with Crippen LogP contribution in [0.15, 0.2) is 18.2 Å². The minimum absolute atomic E-state index is 0.0673. The van der Waals surface area contributed by atoms with Gasteiger partial charge in [0.2, 0.25) is 0 Å². The Labute approximate surface area is 124 Å². The van der Waals surface area contributed by atoms with E-state index in [1.165, 1.54) is 4.90 Å². The zero-order valence-electron chi connectivity index (χ0n) is 12.5. The number of aliphatic carboxylic acids is 1. The number of carboxylic acid groups (broad SMARTS) is 1. The van der Waals surface area contributed by atoms with Gasteiger partial charge in [0.25, 0.3) is 5.91 Å². The number of hydrogen-bond donors (Lipinski definition) is 1. The molecule has 0 radical (unpaired) electrons. The van der Waals surface area contributed by atoms with E-state index in [2.05, 4.69) is 0 Å². The lowest BCUT2D eigenvalue weighted by Gasteiger charge is -2.33. The summed E-state index contributed by atoms with van der Waals surface area (Å²) in [6.45, 7) is 4.71. The van der Waals surface area contributed by atoms with Crippen LogP contribution in [0.1, 0.15) is 34.3 Å². The van der Waals surface area contributed by atoms with Crippen LogP contribution < -0.4 is 0 Å². The molecule has 5 nitrogen and oxygen atoms in total. The van der Waals surface area contributed by atoms with Crippen molar-refractivity contribution in [1.29, 1.82) is 0 Å². The van der Waals surface area contributed by atoms with E-state index in [1.54, 1.807) is 6.07 Å². The van der Waals surface area contributed by atoms with Gasteiger partial charge in [-0.2, -0.15) is 0 Å². The fourth-order valence-electron chi connectivity index (χ4n) is 2.65. The molecule has 114 valence electrons. The molecule has 0 spiro atoms. The van der Waals surface area contributed by atoms with Crippen molar-refractivity contribution in [2.45, 2.75) is 32.7 Å². The van der Waals surface area contributed by atoms with E-state index >= 15 is 0 Å². The van der Waals surface area contributed by atoms with Gasteiger partial charge < -0.3 is 14.7 Å². The molecule has 1 aromatic carbocycles. The monoisotopic (exact) mass is 291 g/mol. The number of aryl methyl sites for hydroxylation is 1. The molecular formula is C16H21NO4. The third kappa shape index (κ3) is 3.61. The first-order chi connectivity index (χ1) is 10.0. The second kappa shape index (κ2) is 6.72. The van der Waals surface area contributed by atoms with Gasteiger partial charge in [-0.25, -0.2) is 0 Å². The Balaban J connectivity index is 2.28. The molecule has 0 atom stereocenters.